The van der Waals surface area contributed by atoms with Crippen LogP contribution in [0.25, 0.3) is 0 Å². The molecule has 2 fully saturated rings. The molecule has 104 valence electrons. The highest BCUT2D eigenvalue weighted by atomic mass is 16.2. The second kappa shape index (κ2) is 4.04. The zero-order valence-electron chi connectivity index (χ0n) is 11.7. The van der Waals surface area contributed by atoms with E-state index in [0.717, 1.165) is 11.1 Å². The molecule has 1 unspecified atom stereocenters. The Labute approximate surface area is 123 Å². The Balaban J connectivity index is 1.89. The maximum atomic E-state index is 12.8. The van der Waals surface area contributed by atoms with Gasteiger partial charge in [-0.25, -0.2) is 0 Å². The van der Waals surface area contributed by atoms with Crippen LogP contribution in [-0.2, 0) is 15.0 Å². The normalized spacial score (nSPS) is 30.4. The van der Waals surface area contributed by atoms with Crippen LogP contribution in [0.2, 0.25) is 0 Å². The number of piperidine rings is 1. The molecule has 1 heterocycles. The Hall–Kier alpha value is -2.42. The molecule has 1 aliphatic heterocycles. The van der Waals surface area contributed by atoms with Crippen LogP contribution < -0.4 is 0 Å². The molecule has 1 saturated heterocycles. The fourth-order valence-electron chi connectivity index (χ4n) is 3.89. The van der Waals surface area contributed by atoms with Crippen molar-refractivity contribution in [3.05, 3.63) is 71.8 Å². The van der Waals surface area contributed by atoms with Gasteiger partial charge < -0.3 is 0 Å². The summed E-state index contributed by atoms with van der Waals surface area (Å²) >= 11 is 0. The van der Waals surface area contributed by atoms with E-state index in [-0.39, 0.29) is 23.7 Å². The lowest BCUT2D eigenvalue weighted by Gasteiger charge is -2.19. The minimum Gasteiger partial charge on any atom is -0.285 e. The number of benzene rings is 2. The SMILES string of the molecule is CN1C(=O)C2[C@@H](c3ccccc3)[C@@]2(c2ccccc2)C1=O. The van der Waals surface area contributed by atoms with E-state index in [0.29, 0.717) is 0 Å². The Kier molecular flexibility index (Phi) is 2.37. The lowest BCUT2D eigenvalue weighted by Crippen LogP contribution is -2.35. The topological polar surface area (TPSA) is 37.4 Å². The summed E-state index contributed by atoms with van der Waals surface area (Å²) in [6.07, 6.45) is 0. The standard InChI is InChI=1S/C18H15NO2/c1-19-16(20)15-14(12-8-4-2-5-9-12)18(15,17(19)21)13-10-6-3-7-11-13/h2-11,14-15H,1H3/t14-,15?,18-/m1/s1. The molecule has 0 N–H and O–H groups in total. The zero-order chi connectivity index (χ0) is 14.6. The van der Waals surface area contributed by atoms with Crippen LogP contribution in [0.4, 0.5) is 0 Å². The molecule has 3 heteroatoms. The van der Waals surface area contributed by atoms with Crippen LogP contribution in [-0.4, -0.2) is 23.8 Å². The quantitative estimate of drug-likeness (QED) is 0.790. The fourth-order valence-corrected chi connectivity index (χ4v) is 3.89. The zero-order valence-corrected chi connectivity index (χ0v) is 11.7. The molecule has 2 aliphatic rings. The van der Waals surface area contributed by atoms with Crippen molar-refractivity contribution in [2.24, 2.45) is 5.92 Å². The highest BCUT2D eigenvalue weighted by molar-refractivity contribution is 6.16. The highest BCUT2D eigenvalue weighted by Gasteiger charge is 2.79. The van der Waals surface area contributed by atoms with E-state index < -0.39 is 5.41 Å². The molecular weight excluding hydrogens is 262 g/mol. The van der Waals surface area contributed by atoms with Crippen LogP contribution in [0.3, 0.4) is 0 Å². The van der Waals surface area contributed by atoms with Crippen molar-refractivity contribution in [1.82, 2.24) is 4.90 Å². The molecular formula is C18H15NO2. The largest absolute Gasteiger partial charge is 0.285 e. The van der Waals surface area contributed by atoms with Gasteiger partial charge in [0.15, 0.2) is 0 Å². The summed E-state index contributed by atoms with van der Waals surface area (Å²) in [7, 11) is 1.59. The van der Waals surface area contributed by atoms with Gasteiger partial charge in [0.05, 0.1) is 11.3 Å². The van der Waals surface area contributed by atoms with Gasteiger partial charge in [0, 0.05) is 13.0 Å². The molecule has 2 aromatic carbocycles. The maximum absolute atomic E-state index is 12.8. The summed E-state index contributed by atoms with van der Waals surface area (Å²) in [5.41, 5.74) is 1.33. The highest BCUT2D eigenvalue weighted by Crippen LogP contribution is 2.69. The van der Waals surface area contributed by atoms with E-state index in [1.54, 1.807) is 7.05 Å². The minimum absolute atomic E-state index is 0.0303. The Bertz CT molecular complexity index is 725. The fraction of sp³-hybridized carbons (Fsp3) is 0.222. The molecule has 0 bridgehead atoms. The van der Waals surface area contributed by atoms with Gasteiger partial charge in [0.25, 0.3) is 0 Å². The van der Waals surface area contributed by atoms with Crippen LogP contribution in [0.1, 0.15) is 17.0 Å². The first-order chi connectivity index (χ1) is 10.2. The second-order valence-electron chi connectivity index (χ2n) is 5.80. The number of fused-ring (bicyclic) bond motifs is 1. The van der Waals surface area contributed by atoms with Gasteiger partial charge in [-0.05, 0) is 11.1 Å². The van der Waals surface area contributed by atoms with Crippen LogP contribution in [0, 0.1) is 5.92 Å². The number of imide groups is 1. The Morgan fingerprint density at radius 3 is 2.05 bits per heavy atom. The number of hydrogen-bond acceptors (Lipinski definition) is 2. The molecule has 2 amide bonds. The van der Waals surface area contributed by atoms with Crippen LogP contribution >= 0.6 is 0 Å². The van der Waals surface area contributed by atoms with E-state index in [9.17, 15) is 9.59 Å². The van der Waals surface area contributed by atoms with Crippen LogP contribution in [0.15, 0.2) is 60.7 Å². The first kappa shape index (κ1) is 12.3. The van der Waals surface area contributed by atoms with E-state index >= 15 is 0 Å². The number of rotatable bonds is 2. The number of carbonyl (C=O) groups is 2. The summed E-state index contributed by atoms with van der Waals surface area (Å²) in [6, 6.07) is 19.6. The van der Waals surface area contributed by atoms with Gasteiger partial charge in [0.1, 0.15) is 0 Å². The smallest absolute Gasteiger partial charge is 0.241 e. The monoisotopic (exact) mass is 277 g/mol. The number of hydrogen-bond donors (Lipinski definition) is 0. The molecule has 2 aromatic rings. The molecule has 0 spiro atoms. The van der Waals surface area contributed by atoms with E-state index in [2.05, 4.69) is 0 Å². The number of amides is 2. The molecule has 1 aliphatic carbocycles. The lowest BCUT2D eigenvalue weighted by atomic mass is 9.90. The number of nitrogens with zero attached hydrogens (tertiary/aromatic N) is 1. The van der Waals surface area contributed by atoms with Gasteiger partial charge in [-0.2, -0.15) is 0 Å². The van der Waals surface area contributed by atoms with Crippen molar-refractivity contribution in [2.45, 2.75) is 11.3 Å². The van der Waals surface area contributed by atoms with Crippen molar-refractivity contribution in [1.29, 1.82) is 0 Å². The first-order valence-corrected chi connectivity index (χ1v) is 7.11. The third-order valence-electron chi connectivity index (χ3n) is 4.87. The van der Waals surface area contributed by atoms with E-state index in [1.165, 1.54) is 4.90 Å². The van der Waals surface area contributed by atoms with Gasteiger partial charge in [-0.3, -0.25) is 14.5 Å². The first-order valence-electron chi connectivity index (χ1n) is 7.11. The van der Waals surface area contributed by atoms with E-state index in [4.69, 9.17) is 0 Å². The predicted octanol–water partition coefficient (Wildman–Crippen LogP) is 2.34. The summed E-state index contributed by atoms with van der Waals surface area (Å²) < 4.78 is 0. The van der Waals surface area contributed by atoms with Gasteiger partial charge in [-0.15, -0.1) is 0 Å². The number of likely N-dealkylation sites (N-methyl/N-ethyl adjacent to an activating group) is 1. The summed E-state index contributed by atoms with van der Waals surface area (Å²) in [6.45, 7) is 0. The second-order valence-corrected chi connectivity index (χ2v) is 5.80. The van der Waals surface area contributed by atoms with Crippen molar-refractivity contribution in [3.8, 4) is 0 Å². The van der Waals surface area contributed by atoms with Crippen molar-refractivity contribution < 1.29 is 9.59 Å². The van der Waals surface area contributed by atoms with Crippen molar-refractivity contribution >= 4 is 11.8 Å². The van der Waals surface area contributed by atoms with E-state index in [1.807, 2.05) is 60.7 Å². The summed E-state index contributed by atoms with van der Waals surface area (Å²) in [5.74, 6) is -0.410. The summed E-state index contributed by atoms with van der Waals surface area (Å²) in [4.78, 5) is 26.5. The summed E-state index contributed by atoms with van der Waals surface area (Å²) in [5, 5.41) is 0. The molecule has 0 aromatic heterocycles. The number of likely N-dealkylation sites (tertiary alicyclic amines) is 1. The number of carbonyl (C=O) groups excluding carboxylic acids is 2. The molecule has 1 saturated carbocycles. The lowest BCUT2D eigenvalue weighted by molar-refractivity contribution is -0.140. The van der Waals surface area contributed by atoms with Crippen LogP contribution in [0.5, 0.6) is 0 Å². The molecule has 3 nitrogen and oxygen atoms in total. The molecule has 0 radical (unpaired) electrons. The van der Waals surface area contributed by atoms with Gasteiger partial charge in [0.2, 0.25) is 11.8 Å². The maximum Gasteiger partial charge on any atom is 0.241 e. The predicted molar refractivity (Wildman–Crippen MR) is 78.6 cm³/mol. The third-order valence-corrected chi connectivity index (χ3v) is 4.87. The average Bonchev–Trinajstić information content (AvgIpc) is 3.20. The van der Waals surface area contributed by atoms with Gasteiger partial charge in [-0.1, -0.05) is 60.7 Å². The van der Waals surface area contributed by atoms with Crippen molar-refractivity contribution in [3.63, 3.8) is 0 Å². The average molecular weight is 277 g/mol. The Morgan fingerprint density at radius 2 is 1.43 bits per heavy atom. The van der Waals surface area contributed by atoms with Crippen molar-refractivity contribution in [2.75, 3.05) is 7.05 Å². The molecule has 4 rings (SSSR count). The third kappa shape index (κ3) is 1.38. The molecule has 21 heavy (non-hydrogen) atoms. The molecule has 3 atom stereocenters. The Morgan fingerprint density at radius 1 is 0.857 bits per heavy atom. The van der Waals surface area contributed by atoms with Gasteiger partial charge >= 0.3 is 0 Å². The minimum atomic E-state index is -0.686.